The zero-order valence-electron chi connectivity index (χ0n) is 8.36. The van der Waals surface area contributed by atoms with Gasteiger partial charge in [-0.2, -0.15) is 0 Å². The molecule has 0 N–H and O–H groups in total. The molecule has 0 aliphatic carbocycles. The summed E-state index contributed by atoms with van der Waals surface area (Å²) in [7, 11) is 3.96. The van der Waals surface area contributed by atoms with Gasteiger partial charge in [-0.25, -0.2) is 0 Å². The van der Waals surface area contributed by atoms with Gasteiger partial charge in [0.1, 0.15) is 0 Å². The van der Waals surface area contributed by atoms with Crippen LogP contribution in [0.4, 0.5) is 0 Å². The topological polar surface area (TPSA) is 18.8 Å². The van der Waals surface area contributed by atoms with Crippen molar-refractivity contribution in [3.05, 3.63) is 0 Å². The number of likely N-dealkylation sites (tertiary alicyclic amines) is 1. The summed E-state index contributed by atoms with van der Waals surface area (Å²) in [6.45, 7) is 2.29. The van der Waals surface area contributed by atoms with Crippen molar-refractivity contribution in [1.82, 2.24) is 9.80 Å². The number of hydrogen-bond acceptors (Lipinski definition) is 2. The first-order valence-corrected chi connectivity index (χ1v) is 5.55. The van der Waals surface area contributed by atoms with Crippen LogP contribution < -0.4 is 0 Å². The maximum atomic E-state index is 4.34. The summed E-state index contributed by atoms with van der Waals surface area (Å²) in [5.41, 5.74) is 0. The summed E-state index contributed by atoms with van der Waals surface area (Å²) in [6.07, 6.45) is 5.78. The molecule has 1 heterocycles. The van der Waals surface area contributed by atoms with Crippen molar-refractivity contribution >= 4 is 26.6 Å². The van der Waals surface area contributed by atoms with Crippen LogP contribution in [0.5, 0.6) is 0 Å². The average Bonchev–Trinajstić information content (AvgIpc) is 2.15. The van der Waals surface area contributed by atoms with E-state index in [0.717, 1.165) is 17.8 Å². The summed E-state index contributed by atoms with van der Waals surface area (Å²) >= 11 is 3.02. The van der Waals surface area contributed by atoms with E-state index in [4.69, 9.17) is 0 Å². The summed E-state index contributed by atoms with van der Waals surface area (Å²) in [6, 6.07) is 0. The van der Waals surface area contributed by atoms with Gasteiger partial charge in [0.25, 0.3) is 0 Å². The Morgan fingerprint density at radius 1 is 1.31 bits per heavy atom. The fourth-order valence-electron chi connectivity index (χ4n) is 1.33. The zero-order valence-corrected chi connectivity index (χ0v) is 10.1. The van der Waals surface area contributed by atoms with E-state index < -0.39 is 0 Å². The molecule has 1 rings (SSSR count). The Morgan fingerprint density at radius 2 is 1.92 bits per heavy atom. The van der Waals surface area contributed by atoms with Crippen molar-refractivity contribution < 1.29 is 0 Å². The van der Waals surface area contributed by atoms with Gasteiger partial charge in [-0.1, -0.05) is 0 Å². The first-order valence-electron chi connectivity index (χ1n) is 4.69. The Hall–Kier alpha value is -0.341. The number of nitrogens with zero attached hydrogens (tertiary/aromatic N) is 3. The molecule has 0 radical (unpaired) electrons. The van der Waals surface area contributed by atoms with Gasteiger partial charge in [0, 0.05) is 0 Å². The van der Waals surface area contributed by atoms with Crippen molar-refractivity contribution in [3.63, 3.8) is 0 Å². The molecule has 0 aromatic carbocycles. The third kappa shape index (κ3) is 3.92. The number of piperidine rings is 1. The van der Waals surface area contributed by atoms with Crippen molar-refractivity contribution in [3.8, 4) is 0 Å². The Bertz CT molecular complexity index is 195. The Morgan fingerprint density at radius 3 is 2.46 bits per heavy atom. The zero-order chi connectivity index (χ0) is 9.68. The van der Waals surface area contributed by atoms with Gasteiger partial charge in [-0.15, -0.1) is 0 Å². The molecule has 0 unspecified atom stereocenters. The molecule has 3 nitrogen and oxygen atoms in total. The average molecular weight is 246 g/mol. The second kappa shape index (κ2) is 5.40. The molecule has 0 aromatic heterocycles. The molecule has 1 saturated heterocycles. The molecule has 1 aliphatic rings. The summed E-state index contributed by atoms with van der Waals surface area (Å²) in [5.74, 6) is 0. The molecule has 0 aromatic rings. The molecule has 0 bridgehead atoms. The van der Waals surface area contributed by atoms with Crippen molar-refractivity contribution in [2.45, 2.75) is 19.3 Å². The first kappa shape index (κ1) is 10.7. The molecule has 13 heavy (non-hydrogen) atoms. The van der Waals surface area contributed by atoms with Gasteiger partial charge >= 0.3 is 87.8 Å². The van der Waals surface area contributed by atoms with Crippen molar-refractivity contribution in [2.24, 2.45) is 4.99 Å². The molecular formula is C9H17N3Se. The maximum absolute atomic E-state index is 4.34. The predicted molar refractivity (Wildman–Crippen MR) is 58.4 cm³/mol. The van der Waals surface area contributed by atoms with Gasteiger partial charge < -0.3 is 0 Å². The molecular weight excluding hydrogens is 229 g/mol. The third-order valence-electron chi connectivity index (χ3n) is 2.03. The van der Waals surface area contributed by atoms with E-state index in [1.165, 1.54) is 19.3 Å². The quantitative estimate of drug-likeness (QED) is 0.406. The predicted octanol–water partition coefficient (Wildman–Crippen LogP) is 0.318. The third-order valence-corrected chi connectivity index (χ3v) is 2.79. The van der Waals surface area contributed by atoms with Crippen LogP contribution in [0.15, 0.2) is 4.99 Å². The summed E-state index contributed by atoms with van der Waals surface area (Å²) < 4.78 is 1.02. The van der Waals surface area contributed by atoms with Crippen molar-refractivity contribution in [1.29, 1.82) is 0 Å². The van der Waals surface area contributed by atoms with E-state index in [9.17, 15) is 0 Å². The van der Waals surface area contributed by atoms with Crippen LogP contribution in [0.3, 0.4) is 0 Å². The summed E-state index contributed by atoms with van der Waals surface area (Å²) in [5, 5.41) is 0. The van der Waals surface area contributed by atoms with Crippen molar-refractivity contribution in [2.75, 3.05) is 27.2 Å². The normalized spacial score (nSPS) is 17.8. The van der Waals surface area contributed by atoms with E-state index in [2.05, 4.69) is 25.5 Å². The van der Waals surface area contributed by atoms with E-state index in [-0.39, 0.29) is 0 Å². The van der Waals surface area contributed by atoms with E-state index in [0.29, 0.717) is 0 Å². The standard InChI is InChI=1S/C9H17N3Se/c1-11(2)8-10-9(13)12-6-4-3-5-7-12/h8H,3-7H2,1-2H3. The van der Waals surface area contributed by atoms with Crippen LogP contribution in [-0.4, -0.2) is 63.6 Å². The minimum atomic E-state index is 1.02. The SMILES string of the molecule is CN(C)C=NC(=[Se])N1CCCCC1. The van der Waals surface area contributed by atoms with Crippen LogP contribution >= 0.6 is 0 Å². The van der Waals surface area contributed by atoms with Gasteiger partial charge in [0.2, 0.25) is 0 Å². The van der Waals surface area contributed by atoms with Crippen LogP contribution in [0.2, 0.25) is 0 Å². The fraction of sp³-hybridized carbons (Fsp3) is 0.778. The van der Waals surface area contributed by atoms with E-state index in [1.807, 2.05) is 25.3 Å². The second-order valence-corrected chi connectivity index (χ2v) is 4.30. The molecule has 4 heteroatoms. The molecule has 0 spiro atoms. The Balaban J connectivity index is 2.37. The molecule has 74 valence electrons. The number of rotatable bonds is 3. The van der Waals surface area contributed by atoms with Gasteiger partial charge in [0.05, 0.1) is 0 Å². The van der Waals surface area contributed by atoms with Crippen LogP contribution in [-0.2, 0) is 0 Å². The number of hydrogen-bond donors (Lipinski definition) is 0. The molecule has 0 atom stereocenters. The monoisotopic (exact) mass is 247 g/mol. The molecule has 1 fully saturated rings. The van der Waals surface area contributed by atoms with Crippen LogP contribution in [0.1, 0.15) is 19.3 Å². The molecule has 0 amide bonds. The Labute approximate surface area is 88.2 Å². The molecule has 0 saturated carbocycles. The first-order chi connectivity index (χ1) is 6.20. The van der Waals surface area contributed by atoms with Gasteiger partial charge in [-0.3, -0.25) is 0 Å². The summed E-state index contributed by atoms with van der Waals surface area (Å²) in [4.78, 5) is 8.59. The second-order valence-electron chi connectivity index (χ2n) is 3.54. The minimum absolute atomic E-state index is 1.02. The Kier molecular flexibility index (Phi) is 4.46. The fourth-order valence-corrected chi connectivity index (χ4v) is 1.81. The van der Waals surface area contributed by atoms with Gasteiger partial charge in [-0.05, 0) is 0 Å². The van der Waals surface area contributed by atoms with E-state index >= 15 is 0 Å². The number of aliphatic imine (C=N–C) groups is 1. The molecule has 1 aliphatic heterocycles. The van der Waals surface area contributed by atoms with Gasteiger partial charge in [0.15, 0.2) is 0 Å². The van der Waals surface area contributed by atoms with Crippen LogP contribution in [0.25, 0.3) is 0 Å². The van der Waals surface area contributed by atoms with E-state index in [1.54, 1.807) is 0 Å². The van der Waals surface area contributed by atoms with Crippen LogP contribution in [0, 0.1) is 0 Å².